The maximum Gasteiger partial charge on any atom is 0.472 e. The molecule has 0 aliphatic carbocycles. The van der Waals surface area contributed by atoms with Crippen LogP contribution in [-0.2, 0) is 65.4 Å². The van der Waals surface area contributed by atoms with E-state index in [2.05, 4.69) is 41.5 Å². The van der Waals surface area contributed by atoms with Gasteiger partial charge in [0, 0.05) is 25.7 Å². The van der Waals surface area contributed by atoms with Gasteiger partial charge in [-0.2, -0.15) is 0 Å². The van der Waals surface area contributed by atoms with Crippen LogP contribution in [0.5, 0.6) is 0 Å². The first-order valence-corrected chi connectivity index (χ1v) is 34.5. The molecule has 3 N–H and O–H groups in total. The zero-order valence-electron chi connectivity index (χ0n) is 50.7. The molecule has 0 fully saturated rings. The van der Waals surface area contributed by atoms with Gasteiger partial charge in [0.05, 0.1) is 26.4 Å². The summed E-state index contributed by atoms with van der Waals surface area (Å²) in [6.07, 6.45) is 33.7. The van der Waals surface area contributed by atoms with Gasteiger partial charge in [-0.25, -0.2) is 9.13 Å². The predicted molar refractivity (Wildman–Crippen MR) is 312 cm³/mol. The molecule has 0 aromatic carbocycles. The van der Waals surface area contributed by atoms with Crippen molar-refractivity contribution in [3.8, 4) is 0 Å². The minimum Gasteiger partial charge on any atom is -0.462 e. The van der Waals surface area contributed by atoms with Crippen molar-refractivity contribution in [1.82, 2.24) is 0 Å². The van der Waals surface area contributed by atoms with Crippen LogP contribution in [0.3, 0.4) is 0 Å². The van der Waals surface area contributed by atoms with Gasteiger partial charge in [-0.15, -0.1) is 0 Å². The number of ether oxygens (including phenoxy) is 4. The highest BCUT2D eigenvalue weighted by Crippen LogP contribution is 2.45. The van der Waals surface area contributed by atoms with Crippen LogP contribution in [-0.4, -0.2) is 96.7 Å². The minimum atomic E-state index is -4.94. The molecule has 0 spiro atoms. The highest BCUT2D eigenvalue weighted by atomic mass is 31.2. The molecule has 0 aromatic rings. The number of phosphoric acid groups is 2. The third kappa shape index (κ3) is 55.0. The second kappa shape index (κ2) is 52.8. The number of hydrogen-bond donors (Lipinski definition) is 3. The SMILES string of the molecule is CCCCCCCCCCCCCCC(=O)O[C@H](COC(=O)CCCCCCCCC(C)C)COP(=O)(O)OC[C@@H](O)COP(=O)(O)OC[C@@H](COC(=O)CCCCCCCCCCC)OC(=O)CCCCCCCCC(C)C. The Morgan fingerprint density at radius 3 is 0.861 bits per heavy atom. The Hall–Kier alpha value is -1.94. The molecule has 0 saturated carbocycles. The van der Waals surface area contributed by atoms with Crippen molar-refractivity contribution in [2.24, 2.45) is 11.8 Å². The van der Waals surface area contributed by atoms with Crippen molar-refractivity contribution in [1.29, 1.82) is 0 Å². The quantitative estimate of drug-likeness (QED) is 0.0222. The molecule has 0 bridgehead atoms. The number of aliphatic hydroxyl groups excluding tert-OH is 1. The van der Waals surface area contributed by atoms with Crippen molar-refractivity contribution in [3.05, 3.63) is 0 Å². The average Bonchev–Trinajstić information content (AvgIpc) is 3.40. The Labute approximate surface area is 479 Å². The van der Waals surface area contributed by atoms with E-state index in [1.165, 1.54) is 103 Å². The highest BCUT2D eigenvalue weighted by molar-refractivity contribution is 7.47. The van der Waals surface area contributed by atoms with Crippen molar-refractivity contribution < 1.29 is 80.2 Å². The molecule has 468 valence electrons. The van der Waals surface area contributed by atoms with Crippen LogP contribution in [0.4, 0.5) is 0 Å². The number of carbonyl (C=O) groups is 4. The van der Waals surface area contributed by atoms with Crippen LogP contribution in [0.15, 0.2) is 0 Å². The molecule has 0 aliphatic heterocycles. The van der Waals surface area contributed by atoms with Crippen molar-refractivity contribution in [3.63, 3.8) is 0 Å². The van der Waals surface area contributed by atoms with E-state index in [-0.39, 0.29) is 25.7 Å². The lowest BCUT2D eigenvalue weighted by Crippen LogP contribution is -2.30. The molecule has 0 rings (SSSR count). The summed E-state index contributed by atoms with van der Waals surface area (Å²) in [5.74, 6) is -0.796. The topological polar surface area (TPSA) is 237 Å². The van der Waals surface area contributed by atoms with E-state index in [0.29, 0.717) is 37.5 Å². The lowest BCUT2D eigenvalue weighted by Gasteiger charge is -2.21. The van der Waals surface area contributed by atoms with Gasteiger partial charge in [0.25, 0.3) is 0 Å². The van der Waals surface area contributed by atoms with E-state index in [1.807, 2.05) is 0 Å². The zero-order valence-corrected chi connectivity index (χ0v) is 52.4. The normalized spacial score (nSPS) is 14.4. The Kier molecular flexibility index (Phi) is 51.5. The second-order valence-corrected chi connectivity index (χ2v) is 25.6. The van der Waals surface area contributed by atoms with Crippen LogP contribution >= 0.6 is 15.6 Å². The van der Waals surface area contributed by atoms with Crippen LogP contribution in [0.25, 0.3) is 0 Å². The summed E-state index contributed by atoms with van der Waals surface area (Å²) in [4.78, 5) is 71.9. The van der Waals surface area contributed by atoms with Gasteiger partial charge in [0.1, 0.15) is 19.3 Å². The number of aliphatic hydroxyl groups is 1. The minimum absolute atomic E-state index is 0.102. The summed E-state index contributed by atoms with van der Waals surface area (Å²) >= 11 is 0. The molecule has 2 unspecified atom stereocenters. The fourth-order valence-electron chi connectivity index (χ4n) is 8.82. The Bertz CT molecular complexity index is 1560. The lowest BCUT2D eigenvalue weighted by molar-refractivity contribution is -0.161. The van der Waals surface area contributed by atoms with E-state index in [0.717, 1.165) is 96.3 Å². The maximum atomic E-state index is 12.9. The highest BCUT2D eigenvalue weighted by Gasteiger charge is 2.30. The molecular formula is C60H116O17P2. The fourth-order valence-corrected chi connectivity index (χ4v) is 10.4. The molecule has 0 aromatic heterocycles. The summed E-state index contributed by atoms with van der Waals surface area (Å²) in [6.45, 7) is 9.27. The Balaban J connectivity index is 5.23. The van der Waals surface area contributed by atoms with Crippen molar-refractivity contribution >= 4 is 39.5 Å². The molecule has 0 saturated heterocycles. The van der Waals surface area contributed by atoms with E-state index in [9.17, 15) is 43.2 Å². The monoisotopic (exact) mass is 1170 g/mol. The van der Waals surface area contributed by atoms with Gasteiger partial charge < -0.3 is 33.8 Å². The van der Waals surface area contributed by atoms with E-state index < -0.39 is 97.5 Å². The zero-order chi connectivity index (χ0) is 58.7. The molecule has 0 amide bonds. The molecule has 19 heteroatoms. The van der Waals surface area contributed by atoms with E-state index >= 15 is 0 Å². The number of hydrogen-bond acceptors (Lipinski definition) is 15. The predicted octanol–water partition coefficient (Wildman–Crippen LogP) is 16.1. The third-order valence-corrected chi connectivity index (χ3v) is 15.6. The molecular weight excluding hydrogens is 1050 g/mol. The van der Waals surface area contributed by atoms with Crippen molar-refractivity contribution in [2.75, 3.05) is 39.6 Å². The van der Waals surface area contributed by atoms with Crippen molar-refractivity contribution in [2.45, 2.75) is 310 Å². The second-order valence-electron chi connectivity index (χ2n) is 22.7. The lowest BCUT2D eigenvalue weighted by atomic mass is 10.0. The third-order valence-electron chi connectivity index (χ3n) is 13.7. The summed E-state index contributed by atoms with van der Waals surface area (Å²) in [5, 5.41) is 10.5. The number of rotatable bonds is 59. The smallest absolute Gasteiger partial charge is 0.462 e. The molecule has 0 aliphatic rings. The summed E-state index contributed by atoms with van der Waals surface area (Å²) < 4.78 is 67.7. The number of esters is 4. The van der Waals surface area contributed by atoms with Gasteiger partial charge in [0.15, 0.2) is 12.2 Å². The summed E-state index contributed by atoms with van der Waals surface area (Å²) in [7, 11) is -9.87. The van der Waals surface area contributed by atoms with E-state index in [4.69, 9.17) is 37.0 Å². The molecule has 5 atom stereocenters. The summed E-state index contributed by atoms with van der Waals surface area (Å²) in [6, 6.07) is 0. The molecule has 0 radical (unpaired) electrons. The van der Waals surface area contributed by atoms with Gasteiger partial charge in [-0.3, -0.25) is 37.3 Å². The first-order valence-electron chi connectivity index (χ1n) is 31.5. The van der Waals surface area contributed by atoms with Gasteiger partial charge >= 0.3 is 39.5 Å². The molecule has 79 heavy (non-hydrogen) atoms. The Morgan fingerprint density at radius 1 is 0.342 bits per heavy atom. The number of phosphoric ester groups is 2. The fraction of sp³-hybridized carbons (Fsp3) is 0.933. The Morgan fingerprint density at radius 2 is 0.582 bits per heavy atom. The van der Waals surface area contributed by atoms with Crippen LogP contribution in [0, 0.1) is 11.8 Å². The van der Waals surface area contributed by atoms with Gasteiger partial charge in [0.2, 0.25) is 0 Å². The van der Waals surface area contributed by atoms with Crippen LogP contribution < -0.4 is 0 Å². The van der Waals surface area contributed by atoms with Gasteiger partial charge in [-0.05, 0) is 37.5 Å². The van der Waals surface area contributed by atoms with Crippen LogP contribution in [0.2, 0.25) is 0 Å². The standard InChI is InChI=1S/C60H116O17P2/c1-7-9-11-13-15-17-18-19-21-23-32-38-44-59(64)76-55(49-71-58(63)43-37-31-26-24-28-34-40-52(3)4)50-74-78(66,67)72-46-54(61)47-73-79(68,69)75-51-56(77-60(65)45-39-33-27-25-29-35-41-53(5)6)48-70-57(62)42-36-30-22-20-16-14-12-10-8-2/h52-56,61H,7-51H2,1-6H3,(H,66,67)(H,68,69)/t54-,55-,56-/m1/s1. The van der Waals surface area contributed by atoms with Crippen LogP contribution in [0.1, 0.15) is 292 Å². The maximum absolute atomic E-state index is 12.9. The van der Waals surface area contributed by atoms with E-state index in [1.54, 1.807) is 0 Å². The number of carbonyl (C=O) groups excluding carboxylic acids is 4. The average molecular weight is 1170 g/mol. The summed E-state index contributed by atoms with van der Waals surface area (Å²) in [5.41, 5.74) is 0. The largest absolute Gasteiger partial charge is 0.472 e. The molecule has 0 heterocycles. The van der Waals surface area contributed by atoms with Gasteiger partial charge in [-0.1, -0.05) is 241 Å². The number of unbranched alkanes of at least 4 members (excludes halogenated alkanes) is 29. The first kappa shape index (κ1) is 77.1. The first-order chi connectivity index (χ1) is 37.9. The molecule has 17 nitrogen and oxygen atoms in total.